The molecule has 5 aliphatic carbocycles. The molecule has 49 heavy (non-hydrogen) atoms. The van der Waals surface area contributed by atoms with Crippen LogP contribution in [0.2, 0.25) is 0 Å². The van der Waals surface area contributed by atoms with Crippen LogP contribution in [0.1, 0.15) is 55.8 Å². The number of fused-ring (bicyclic) bond motifs is 2. The molecule has 270 valence electrons. The molecule has 5 N–H and O–H groups in total. The number of carbonyl (C=O) groups is 3. The largest absolute Gasteiger partial charge is 0.461 e. The number of hydrogen-bond acceptors (Lipinski definition) is 11. The van der Waals surface area contributed by atoms with Crippen molar-refractivity contribution >= 4 is 23.5 Å². The predicted octanol–water partition coefficient (Wildman–Crippen LogP) is 1.34. The van der Waals surface area contributed by atoms with Crippen LogP contribution in [-0.2, 0) is 33.3 Å². The molecule has 1 aliphatic heterocycles. The van der Waals surface area contributed by atoms with Gasteiger partial charge in [-0.15, -0.1) is 0 Å². The van der Waals surface area contributed by atoms with Crippen LogP contribution >= 0.6 is 0 Å². The third-order valence-corrected chi connectivity index (χ3v) is 13.8. The Morgan fingerprint density at radius 2 is 1.80 bits per heavy atom. The van der Waals surface area contributed by atoms with Gasteiger partial charge >= 0.3 is 5.97 Å². The average molecular weight is 686 g/mol. The van der Waals surface area contributed by atoms with Crippen molar-refractivity contribution in [3.05, 3.63) is 29.8 Å². The average Bonchev–Trinajstić information content (AvgIpc) is 3.51. The first-order valence-corrected chi connectivity index (χ1v) is 17.6. The van der Waals surface area contributed by atoms with E-state index in [4.69, 9.17) is 29.4 Å². The van der Waals surface area contributed by atoms with Gasteiger partial charge in [0, 0.05) is 82.8 Å². The van der Waals surface area contributed by atoms with E-state index in [0.717, 1.165) is 6.42 Å². The standard InChI is InChI=1S/C36H51N3O10/c1-6-39-17-33(18-49-31(42)19-9-7-8-10-22(19)38-26(41)12-11-25(37)40)14-13-24(46-3)35-21-15-20-23(45-2)16-34(43,27(21)28(20)47-4)36(44,32(35)39)30(48-5)29(33)35/h7-10,20-21,23-24,27-30,32,43-44H,6,11-18H2,1-5H3,(H2,37,40)(H,38,41)/t20-,21-,23+,24+,27-,28+,29-,30+,32-,33+,34-,35+,36+/m1/s1. The van der Waals surface area contributed by atoms with Crippen LogP contribution in [0, 0.1) is 34.5 Å². The first-order valence-electron chi connectivity index (χ1n) is 17.6. The van der Waals surface area contributed by atoms with E-state index in [9.17, 15) is 24.6 Å². The van der Waals surface area contributed by atoms with E-state index >= 15 is 0 Å². The number of likely N-dealkylation sites (N-methyl/N-ethyl adjacent to an activating group) is 1. The molecular weight excluding hydrogens is 634 g/mol. The number of amides is 2. The molecule has 13 heteroatoms. The maximum absolute atomic E-state index is 13.9. The first kappa shape index (κ1) is 34.8. The number of para-hydroxylation sites is 1. The Kier molecular flexibility index (Phi) is 8.69. The van der Waals surface area contributed by atoms with Crippen LogP contribution in [0.4, 0.5) is 5.69 Å². The Bertz CT molecular complexity index is 1490. The van der Waals surface area contributed by atoms with Gasteiger partial charge in [0.15, 0.2) is 0 Å². The Hall–Kier alpha value is -2.65. The molecule has 5 saturated carbocycles. The van der Waals surface area contributed by atoms with Crippen molar-refractivity contribution in [2.24, 2.45) is 40.2 Å². The molecule has 1 aromatic rings. The summed E-state index contributed by atoms with van der Waals surface area (Å²) in [5.74, 6) is -2.33. The van der Waals surface area contributed by atoms with E-state index in [-0.39, 0.29) is 79.1 Å². The van der Waals surface area contributed by atoms with Gasteiger partial charge in [-0.05, 0) is 43.9 Å². The second-order valence-electron chi connectivity index (χ2n) is 15.3. The second-order valence-corrected chi connectivity index (χ2v) is 15.3. The van der Waals surface area contributed by atoms with Gasteiger partial charge in [-0.1, -0.05) is 19.1 Å². The maximum atomic E-state index is 13.9. The van der Waals surface area contributed by atoms with Crippen molar-refractivity contribution in [3.8, 4) is 0 Å². The number of esters is 1. The molecule has 0 aromatic heterocycles. The second kappa shape index (κ2) is 12.2. The molecule has 0 radical (unpaired) electrons. The molecule has 1 aromatic carbocycles. The van der Waals surface area contributed by atoms with Crippen LogP contribution < -0.4 is 11.1 Å². The Labute approximate surface area is 287 Å². The summed E-state index contributed by atoms with van der Waals surface area (Å²) in [6, 6.07) is 6.14. The minimum atomic E-state index is -1.69. The van der Waals surface area contributed by atoms with Crippen LogP contribution in [0.25, 0.3) is 0 Å². The lowest BCUT2D eigenvalue weighted by atomic mass is 9.42. The van der Waals surface area contributed by atoms with Gasteiger partial charge in [-0.25, -0.2) is 4.79 Å². The third kappa shape index (κ3) is 4.45. The molecule has 7 rings (SSSR count). The van der Waals surface area contributed by atoms with Crippen molar-refractivity contribution in [2.75, 3.05) is 53.5 Å². The molecule has 0 unspecified atom stereocenters. The minimum Gasteiger partial charge on any atom is -0.461 e. The van der Waals surface area contributed by atoms with E-state index in [1.54, 1.807) is 52.7 Å². The van der Waals surface area contributed by atoms with E-state index in [1.165, 1.54) is 0 Å². The fourth-order valence-electron chi connectivity index (χ4n) is 12.5. The Balaban J connectivity index is 1.29. The number of carbonyl (C=O) groups excluding carboxylic acids is 3. The van der Waals surface area contributed by atoms with Gasteiger partial charge in [0.25, 0.3) is 0 Å². The highest BCUT2D eigenvalue weighted by Crippen LogP contribution is 2.80. The van der Waals surface area contributed by atoms with Gasteiger partial charge in [-0.3, -0.25) is 14.5 Å². The zero-order valence-corrected chi connectivity index (χ0v) is 29.1. The number of nitrogens with zero attached hydrogens (tertiary/aromatic N) is 1. The normalized spacial score (nSPS) is 44.4. The topological polar surface area (TPSA) is 179 Å². The molecule has 6 aliphatic rings. The molecule has 1 heterocycles. The van der Waals surface area contributed by atoms with Gasteiger partial charge in [-0.2, -0.15) is 0 Å². The minimum absolute atomic E-state index is 0.0424. The highest BCUT2D eigenvalue weighted by atomic mass is 16.5. The van der Waals surface area contributed by atoms with Crippen LogP contribution in [0.5, 0.6) is 0 Å². The van der Waals surface area contributed by atoms with Crippen molar-refractivity contribution in [3.63, 3.8) is 0 Å². The quantitative estimate of drug-likeness (QED) is 0.233. The van der Waals surface area contributed by atoms with Gasteiger partial charge in [0.2, 0.25) is 11.8 Å². The van der Waals surface area contributed by atoms with E-state index in [2.05, 4.69) is 17.1 Å². The predicted molar refractivity (Wildman–Crippen MR) is 175 cm³/mol. The SMILES string of the molecule is CCN1C[C@]2(COC(=O)c3ccccc3NC(=O)CCC(N)=O)CC[C@H](OC)[C@]34[C@@H]5C[C@H]6[C@H](OC)[C@@H]5[C@](O)(C[C@@H]6OC)[C@@](O)([C@H]13)[C@@H](OC)[C@H]24. The van der Waals surface area contributed by atoms with Crippen molar-refractivity contribution in [1.82, 2.24) is 4.90 Å². The van der Waals surface area contributed by atoms with Crippen LogP contribution in [0.15, 0.2) is 24.3 Å². The monoisotopic (exact) mass is 685 g/mol. The zero-order chi connectivity index (χ0) is 35.1. The number of likely N-dealkylation sites (tertiary alicyclic amines) is 1. The molecule has 7 bridgehead atoms. The number of methoxy groups -OCH3 is 4. The summed E-state index contributed by atoms with van der Waals surface area (Å²) in [5.41, 5.74) is 1.14. The number of benzene rings is 1. The number of nitrogens with two attached hydrogens (primary N) is 1. The highest BCUT2D eigenvalue weighted by molar-refractivity contribution is 6.01. The number of piperidine rings is 1. The third-order valence-electron chi connectivity index (χ3n) is 13.8. The summed E-state index contributed by atoms with van der Waals surface area (Å²) in [6.07, 6.45) is 0.513. The molecule has 1 saturated heterocycles. The summed E-state index contributed by atoms with van der Waals surface area (Å²) in [6.45, 7) is 3.25. The number of rotatable bonds is 12. The summed E-state index contributed by atoms with van der Waals surface area (Å²) < 4.78 is 31.3. The first-order chi connectivity index (χ1) is 23.4. The molecule has 6 fully saturated rings. The lowest BCUT2D eigenvalue weighted by Gasteiger charge is -2.70. The summed E-state index contributed by atoms with van der Waals surface area (Å²) >= 11 is 0. The number of nitrogens with one attached hydrogen (secondary N) is 1. The lowest BCUT2D eigenvalue weighted by molar-refractivity contribution is -0.320. The molecular formula is C36H51N3O10. The number of aliphatic hydroxyl groups is 2. The molecule has 13 atom stereocenters. The van der Waals surface area contributed by atoms with Crippen molar-refractivity contribution < 1.29 is 48.3 Å². The van der Waals surface area contributed by atoms with E-state index < -0.39 is 52.0 Å². The Morgan fingerprint density at radius 3 is 2.45 bits per heavy atom. The van der Waals surface area contributed by atoms with Gasteiger partial charge < -0.3 is 44.9 Å². The number of ether oxygens (including phenoxy) is 5. The Morgan fingerprint density at radius 1 is 1.04 bits per heavy atom. The fraction of sp³-hybridized carbons (Fsp3) is 0.750. The van der Waals surface area contributed by atoms with E-state index in [1.807, 2.05) is 0 Å². The lowest BCUT2D eigenvalue weighted by Crippen LogP contribution is -2.82. The van der Waals surface area contributed by atoms with Crippen molar-refractivity contribution in [1.29, 1.82) is 0 Å². The van der Waals surface area contributed by atoms with E-state index in [0.29, 0.717) is 25.9 Å². The van der Waals surface area contributed by atoms with Gasteiger partial charge in [0.05, 0.1) is 48.3 Å². The summed E-state index contributed by atoms with van der Waals surface area (Å²) in [4.78, 5) is 39.9. The number of hydrogen-bond donors (Lipinski definition) is 4. The molecule has 13 nitrogen and oxygen atoms in total. The van der Waals surface area contributed by atoms with Crippen molar-refractivity contribution in [2.45, 2.75) is 87.1 Å². The number of primary amides is 1. The summed E-state index contributed by atoms with van der Waals surface area (Å²) in [7, 11) is 6.68. The molecule has 2 amide bonds. The highest BCUT2D eigenvalue weighted by Gasteiger charge is 2.91. The fourth-order valence-corrected chi connectivity index (χ4v) is 12.5. The maximum Gasteiger partial charge on any atom is 0.340 e. The zero-order valence-electron chi connectivity index (χ0n) is 29.1. The molecule has 1 spiro atoms. The summed E-state index contributed by atoms with van der Waals surface area (Å²) in [5, 5.41) is 29.2. The number of anilines is 1. The van der Waals surface area contributed by atoms with Gasteiger partial charge in [0.1, 0.15) is 11.2 Å². The van der Waals surface area contributed by atoms with Crippen LogP contribution in [0.3, 0.4) is 0 Å². The van der Waals surface area contributed by atoms with Crippen LogP contribution in [-0.4, -0.2) is 123 Å². The smallest absolute Gasteiger partial charge is 0.340 e.